The van der Waals surface area contributed by atoms with Gasteiger partial charge in [-0.15, -0.1) is 0 Å². The van der Waals surface area contributed by atoms with Crippen molar-refractivity contribution < 1.29 is 13.2 Å². The summed E-state index contributed by atoms with van der Waals surface area (Å²) in [6.07, 6.45) is 1.08. The molecule has 0 atom stereocenters. The predicted octanol–water partition coefficient (Wildman–Crippen LogP) is 3.58. The Kier molecular flexibility index (Phi) is 5.87. The van der Waals surface area contributed by atoms with E-state index in [9.17, 15) is 13.2 Å². The minimum atomic E-state index is -3.50. The van der Waals surface area contributed by atoms with Crippen molar-refractivity contribution >= 4 is 39.1 Å². The molecule has 8 heteroatoms. The lowest BCUT2D eigenvalue weighted by Gasteiger charge is -2.31. The topological polar surface area (TPSA) is 66.5 Å². The molecule has 1 N–H and O–H groups in total. The third-order valence-corrected chi connectivity index (χ3v) is 6.82. The number of nitrogens with zero attached hydrogens (tertiary/aromatic N) is 1. The number of amides is 1. The van der Waals surface area contributed by atoms with Gasteiger partial charge in [-0.05, 0) is 43.2 Å². The van der Waals surface area contributed by atoms with Crippen LogP contribution < -0.4 is 5.32 Å². The molecule has 1 amide bonds. The van der Waals surface area contributed by atoms with Crippen LogP contribution in [0.2, 0.25) is 10.0 Å². The average molecular weight is 413 g/mol. The first-order valence-electron chi connectivity index (χ1n) is 8.19. The molecule has 1 saturated heterocycles. The zero-order valence-electron chi connectivity index (χ0n) is 13.9. The third-order valence-electron chi connectivity index (χ3n) is 4.34. The van der Waals surface area contributed by atoms with Gasteiger partial charge >= 0.3 is 0 Å². The highest BCUT2D eigenvalue weighted by atomic mass is 35.5. The Morgan fingerprint density at radius 2 is 1.69 bits per heavy atom. The molecule has 2 aromatic carbocycles. The average Bonchev–Trinajstić information content (AvgIpc) is 2.65. The molecular formula is C18H18Cl2N2O3S. The van der Waals surface area contributed by atoms with E-state index in [1.54, 1.807) is 42.5 Å². The lowest BCUT2D eigenvalue weighted by molar-refractivity contribution is 0.0924. The molecule has 0 radical (unpaired) electrons. The normalized spacial score (nSPS) is 16.4. The number of nitrogens with one attached hydrogen (secondary N) is 1. The van der Waals surface area contributed by atoms with Gasteiger partial charge in [-0.3, -0.25) is 4.79 Å². The number of hydrogen-bond donors (Lipinski definition) is 1. The lowest BCUT2D eigenvalue weighted by Crippen LogP contribution is -2.46. The monoisotopic (exact) mass is 412 g/mol. The first-order valence-corrected chi connectivity index (χ1v) is 10.4. The van der Waals surface area contributed by atoms with Gasteiger partial charge in [0, 0.05) is 24.2 Å². The predicted molar refractivity (Wildman–Crippen MR) is 102 cm³/mol. The van der Waals surface area contributed by atoms with Crippen molar-refractivity contribution in [3.8, 4) is 0 Å². The number of piperidine rings is 1. The van der Waals surface area contributed by atoms with Crippen molar-refractivity contribution in [1.82, 2.24) is 9.62 Å². The van der Waals surface area contributed by atoms with Crippen LogP contribution in [0.1, 0.15) is 23.2 Å². The summed E-state index contributed by atoms with van der Waals surface area (Å²) in [5.74, 6) is -0.304. The van der Waals surface area contributed by atoms with Crippen LogP contribution in [0.3, 0.4) is 0 Å². The second-order valence-electron chi connectivity index (χ2n) is 6.09. The van der Waals surface area contributed by atoms with Crippen LogP contribution in [0.5, 0.6) is 0 Å². The van der Waals surface area contributed by atoms with E-state index in [4.69, 9.17) is 23.2 Å². The molecule has 0 bridgehead atoms. The Morgan fingerprint density at radius 3 is 2.35 bits per heavy atom. The number of halogens is 2. The van der Waals surface area contributed by atoms with E-state index in [2.05, 4.69) is 5.32 Å². The minimum absolute atomic E-state index is 0.111. The van der Waals surface area contributed by atoms with Crippen LogP contribution in [-0.4, -0.2) is 37.8 Å². The maximum Gasteiger partial charge on any atom is 0.253 e. The van der Waals surface area contributed by atoms with Crippen molar-refractivity contribution in [1.29, 1.82) is 0 Å². The second-order valence-corrected chi connectivity index (χ2v) is 8.87. The van der Waals surface area contributed by atoms with E-state index < -0.39 is 10.0 Å². The Balaban J connectivity index is 1.62. The van der Waals surface area contributed by atoms with E-state index in [1.807, 2.05) is 0 Å². The highest BCUT2D eigenvalue weighted by Crippen LogP contribution is 2.23. The van der Waals surface area contributed by atoms with E-state index >= 15 is 0 Å². The molecule has 2 aromatic rings. The van der Waals surface area contributed by atoms with Gasteiger partial charge in [0.15, 0.2) is 0 Å². The summed E-state index contributed by atoms with van der Waals surface area (Å²) in [5.41, 5.74) is 0.318. The van der Waals surface area contributed by atoms with Crippen LogP contribution in [0.25, 0.3) is 0 Å². The Hall–Kier alpha value is -1.60. The van der Waals surface area contributed by atoms with Gasteiger partial charge < -0.3 is 5.32 Å². The highest BCUT2D eigenvalue weighted by Gasteiger charge is 2.30. The minimum Gasteiger partial charge on any atom is -0.349 e. The number of hydrogen-bond acceptors (Lipinski definition) is 3. The summed E-state index contributed by atoms with van der Waals surface area (Å²) in [4.78, 5) is 12.7. The summed E-state index contributed by atoms with van der Waals surface area (Å²) in [7, 11) is -3.50. The molecule has 1 fully saturated rings. The lowest BCUT2D eigenvalue weighted by atomic mass is 10.1. The van der Waals surface area contributed by atoms with Gasteiger partial charge in [-0.25, -0.2) is 8.42 Å². The van der Waals surface area contributed by atoms with Crippen molar-refractivity contribution in [3.05, 3.63) is 64.1 Å². The molecule has 26 heavy (non-hydrogen) atoms. The maximum atomic E-state index is 12.6. The van der Waals surface area contributed by atoms with Crippen LogP contribution >= 0.6 is 23.2 Å². The van der Waals surface area contributed by atoms with Gasteiger partial charge in [-0.1, -0.05) is 41.4 Å². The fourth-order valence-corrected chi connectivity index (χ4v) is 4.78. The molecule has 5 nitrogen and oxygen atoms in total. The molecular weight excluding hydrogens is 395 g/mol. The SMILES string of the molecule is O=C(NC1CCN(S(=O)(=O)c2ccccc2)CC1)c1cc(Cl)ccc1Cl. The molecule has 0 aromatic heterocycles. The number of carbonyl (C=O) groups is 1. The standard InChI is InChI=1S/C18H18Cl2N2O3S/c19-13-6-7-17(20)16(12-13)18(23)21-14-8-10-22(11-9-14)26(24,25)15-4-2-1-3-5-15/h1-7,12,14H,8-11H2,(H,21,23). The van der Waals surface area contributed by atoms with Gasteiger partial charge in [0.2, 0.25) is 10.0 Å². The number of sulfonamides is 1. The molecule has 1 aliphatic rings. The molecule has 3 rings (SSSR count). The quantitative estimate of drug-likeness (QED) is 0.834. The zero-order valence-corrected chi connectivity index (χ0v) is 16.2. The van der Waals surface area contributed by atoms with E-state index in [0.717, 1.165) is 0 Å². The van der Waals surface area contributed by atoms with Crippen LogP contribution in [-0.2, 0) is 10.0 Å². The summed E-state index contributed by atoms with van der Waals surface area (Å²) < 4.78 is 26.7. The van der Waals surface area contributed by atoms with E-state index in [1.165, 1.54) is 10.4 Å². The Labute approximate surface area is 163 Å². The molecule has 0 aliphatic carbocycles. The third kappa shape index (κ3) is 4.20. The van der Waals surface area contributed by atoms with Crippen LogP contribution in [0.15, 0.2) is 53.4 Å². The fourth-order valence-electron chi connectivity index (χ4n) is 2.92. The molecule has 0 spiro atoms. The zero-order chi connectivity index (χ0) is 18.7. The first kappa shape index (κ1) is 19.2. The molecule has 1 aliphatic heterocycles. The Morgan fingerprint density at radius 1 is 1.04 bits per heavy atom. The largest absolute Gasteiger partial charge is 0.349 e. The van der Waals surface area contributed by atoms with E-state index in [-0.39, 0.29) is 16.8 Å². The van der Waals surface area contributed by atoms with Crippen molar-refractivity contribution in [2.75, 3.05) is 13.1 Å². The summed E-state index contributed by atoms with van der Waals surface area (Å²) in [6.45, 7) is 0.705. The second kappa shape index (κ2) is 7.96. The van der Waals surface area contributed by atoms with Crippen molar-refractivity contribution in [2.45, 2.75) is 23.8 Å². The van der Waals surface area contributed by atoms with Crippen molar-refractivity contribution in [3.63, 3.8) is 0 Å². The number of carbonyl (C=O) groups excluding carboxylic acids is 1. The van der Waals surface area contributed by atoms with Crippen LogP contribution in [0.4, 0.5) is 0 Å². The van der Waals surface area contributed by atoms with Gasteiger partial charge in [-0.2, -0.15) is 4.31 Å². The maximum absolute atomic E-state index is 12.6. The van der Waals surface area contributed by atoms with E-state index in [0.29, 0.717) is 41.5 Å². The molecule has 0 unspecified atom stereocenters. The van der Waals surface area contributed by atoms with Gasteiger partial charge in [0.1, 0.15) is 0 Å². The summed E-state index contributed by atoms with van der Waals surface area (Å²) >= 11 is 12.0. The molecule has 0 saturated carbocycles. The number of rotatable bonds is 4. The highest BCUT2D eigenvalue weighted by molar-refractivity contribution is 7.89. The van der Waals surface area contributed by atoms with Crippen molar-refractivity contribution in [2.24, 2.45) is 0 Å². The van der Waals surface area contributed by atoms with Gasteiger partial charge in [0.25, 0.3) is 5.91 Å². The smallest absolute Gasteiger partial charge is 0.253 e. The summed E-state index contributed by atoms with van der Waals surface area (Å²) in [6, 6.07) is 13.0. The fraction of sp³-hybridized carbons (Fsp3) is 0.278. The van der Waals surface area contributed by atoms with Crippen LogP contribution in [0, 0.1) is 0 Å². The molecule has 1 heterocycles. The molecule has 138 valence electrons. The van der Waals surface area contributed by atoms with Gasteiger partial charge in [0.05, 0.1) is 15.5 Å². The number of benzene rings is 2. The Bertz CT molecular complexity index is 896. The first-order chi connectivity index (χ1) is 12.4. The summed E-state index contributed by atoms with van der Waals surface area (Å²) in [5, 5.41) is 3.67.